The maximum absolute atomic E-state index is 10.4. The van der Waals surface area contributed by atoms with Gasteiger partial charge in [-0.05, 0) is 18.4 Å². The number of benzene rings is 1. The van der Waals surface area contributed by atoms with Crippen molar-refractivity contribution in [1.82, 2.24) is 10.2 Å². The van der Waals surface area contributed by atoms with E-state index in [1.165, 1.54) is 0 Å². The number of carboxylic acids is 1. The molecule has 0 fully saturated rings. The second kappa shape index (κ2) is 7.54. The number of hydrogen-bond donors (Lipinski definition) is 1. The van der Waals surface area contributed by atoms with Crippen molar-refractivity contribution in [2.45, 2.75) is 31.8 Å². The summed E-state index contributed by atoms with van der Waals surface area (Å²) in [4.78, 5) is 10.4. The molecular formula is C15H18N2O4. The van der Waals surface area contributed by atoms with E-state index < -0.39 is 5.97 Å². The van der Waals surface area contributed by atoms with Crippen molar-refractivity contribution in [1.29, 1.82) is 0 Å². The Bertz CT molecular complexity index is 568. The summed E-state index contributed by atoms with van der Waals surface area (Å²) in [6.07, 6.45) is 1.65. The minimum atomic E-state index is -0.787. The molecule has 2 rings (SSSR count). The zero-order valence-corrected chi connectivity index (χ0v) is 11.9. The van der Waals surface area contributed by atoms with Crippen LogP contribution in [0.25, 0.3) is 0 Å². The van der Waals surface area contributed by atoms with Crippen molar-refractivity contribution in [3.8, 4) is 0 Å². The average molecular weight is 290 g/mol. The third-order valence-electron chi connectivity index (χ3n) is 3.08. The molecule has 1 heterocycles. The molecule has 1 aromatic heterocycles. The van der Waals surface area contributed by atoms with Crippen molar-refractivity contribution in [2.24, 2.45) is 0 Å². The SMILES string of the molecule is COC(c1ccccc1)c1nnc(CCCCC(=O)O)o1. The van der Waals surface area contributed by atoms with Crippen LogP contribution in [-0.4, -0.2) is 28.4 Å². The minimum absolute atomic E-state index is 0.158. The van der Waals surface area contributed by atoms with Gasteiger partial charge in [-0.2, -0.15) is 0 Å². The number of carboxylic acid groups (broad SMARTS) is 1. The third kappa shape index (κ3) is 4.39. The monoisotopic (exact) mass is 290 g/mol. The van der Waals surface area contributed by atoms with Crippen LogP contribution in [0.15, 0.2) is 34.7 Å². The van der Waals surface area contributed by atoms with Crippen molar-refractivity contribution >= 4 is 5.97 Å². The number of aromatic nitrogens is 2. The Morgan fingerprint density at radius 1 is 1.29 bits per heavy atom. The fraction of sp³-hybridized carbons (Fsp3) is 0.400. The minimum Gasteiger partial charge on any atom is -0.481 e. The Morgan fingerprint density at radius 2 is 2.05 bits per heavy atom. The highest BCUT2D eigenvalue weighted by molar-refractivity contribution is 5.66. The highest BCUT2D eigenvalue weighted by atomic mass is 16.5. The van der Waals surface area contributed by atoms with E-state index >= 15 is 0 Å². The molecule has 0 radical (unpaired) electrons. The largest absolute Gasteiger partial charge is 0.481 e. The van der Waals surface area contributed by atoms with Gasteiger partial charge in [0.2, 0.25) is 11.8 Å². The number of ether oxygens (including phenoxy) is 1. The summed E-state index contributed by atoms with van der Waals surface area (Å²) < 4.78 is 11.0. The number of methoxy groups -OCH3 is 1. The van der Waals surface area contributed by atoms with Crippen LogP contribution in [0, 0.1) is 0 Å². The van der Waals surface area contributed by atoms with Gasteiger partial charge in [-0.3, -0.25) is 4.79 Å². The number of nitrogens with zero attached hydrogens (tertiary/aromatic N) is 2. The zero-order valence-electron chi connectivity index (χ0n) is 11.9. The summed E-state index contributed by atoms with van der Waals surface area (Å²) in [6.45, 7) is 0. The highest BCUT2D eigenvalue weighted by Gasteiger charge is 2.19. The summed E-state index contributed by atoms with van der Waals surface area (Å²) in [6, 6.07) is 9.64. The van der Waals surface area contributed by atoms with Gasteiger partial charge in [0.05, 0.1) is 0 Å². The highest BCUT2D eigenvalue weighted by Crippen LogP contribution is 2.24. The quantitative estimate of drug-likeness (QED) is 0.752. The molecule has 0 saturated carbocycles. The predicted molar refractivity (Wildman–Crippen MR) is 74.8 cm³/mol. The lowest BCUT2D eigenvalue weighted by atomic mass is 10.1. The molecule has 21 heavy (non-hydrogen) atoms. The lowest BCUT2D eigenvalue weighted by Crippen LogP contribution is -2.03. The van der Waals surface area contributed by atoms with Gasteiger partial charge >= 0.3 is 5.97 Å². The molecule has 0 spiro atoms. The molecule has 1 atom stereocenters. The van der Waals surface area contributed by atoms with Crippen molar-refractivity contribution in [3.05, 3.63) is 47.7 Å². The predicted octanol–water partition coefficient (Wildman–Crippen LogP) is 2.60. The molecule has 2 aromatic rings. The van der Waals surface area contributed by atoms with Gasteiger partial charge in [-0.25, -0.2) is 0 Å². The van der Waals surface area contributed by atoms with E-state index in [4.69, 9.17) is 14.3 Å². The van der Waals surface area contributed by atoms with Gasteiger partial charge in [0, 0.05) is 20.0 Å². The lowest BCUT2D eigenvalue weighted by Gasteiger charge is -2.10. The summed E-state index contributed by atoms with van der Waals surface area (Å²) in [5.41, 5.74) is 0.945. The summed E-state index contributed by atoms with van der Waals surface area (Å²) in [5, 5.41) is 16.6. The van der Waals surface area contributed by atoms with Crippen molar-refractivity contribution < 1.29 is 19.1 Å². The molecule has 1 unspecified atom stereocenters. The van der Waals surface area contributed by atoms with Crippen LogP contribution in [-0.2, 0) is 16.0 Å². The van der Waals surface area contributed by atoms with Crippen LogP contribution in [0.1, 0.15) is 42.7 Å². The summed E-state index contributed by atoms with van der Waals surface area (Å²) in [5.74, 6) is 0.134. The number of rotatable bonds is 8. The van der Waals surface area contributed by atoms with E-state index in [0.717, 1.165) is 5.56 Å². The fourth-order valence-corrected chi connectivity index (χ4v) is 2.03. The molecule has 112 valence electrons. The van der Waals surface area contributed by atoms with E-state index in [1.807, 2.05) is 30.3 Å². The molecule has 6 heteroatoms. The van der Waals surface area contributed by atoms with Gasteiger partial charge in [-0.1, -0.05) is 30.3 Å². The smallest absolute Gasteiger partial charge is 0.303 e. The van der Waals surface area contributed by atoms with Crippen LogP contribution in [0.4, 0.5) is 0 Å². The van der Waals surface area contributed by atoms with Crippen molar-refractivity contribution in [2.75, 3.05) is 7.11 Å². The first-order valence-corrected chi connectivity index (χ1v) is 6.82. The van der Waals surface area contributed by atoms with Gasteiger partial charge in [0.25, 0.3) is 0 Å². The van der Waals surface area contributed by atoms with Gasteiger partial charge in [0.15, 0.2) is 6.10 Å². The van der Waals surface area contributed by atoms with E-state index in [2.05, 4.69) is 10.2 Å². The van der Waals surface area contributed by atoms with Gasteiger partial charge in [0.1, 0.15) is 0 Å². The Kier molecular flexibility index (Phi) is 5.45. The average Bonchev–Trinajstić information content (AvgIpc) is 2.94. The second-order valence-corrected chi connectivity index (χ2v) is 4.66. The van der Waals surface area contributed by atoms with Crippen LogP contribution in [0.5, 0.6) is 0 Å². The standard InChI is InChI=1S/C15H18N2O4/c1-20-14(11-7-3-2-4-8-11)15-17-16-12(21-15)9-5-6-10-13(18)19/h2-4,7-8,14H,5-6,9-10H2,1H3,(H,18,19). The first-order chi connectivity index (χ1) is 10.2. The first kappa shape index (κ1) is 15.2. The van der Waals surface area contributed by atoms with Crippen molar-refractivity contribution in [3.63, 3.8) is 0 Å². The number of unbranched alkanes of at least 4 members (excludes halogenated alkanes) is 1. The molecule has 0 amide bonds. The molecule has 0 aliphatic heterocycles. The Balaban J connectivity index is 1.96. The number of hydrogen-bond acceptors (Lipinski definition) is 5. The van der Waals surface area contributed by atoms with E-state index in [0.29, 0.717) is 31.0 Å². The molecule has 0 aliphatic carbocycles. The molecule has 0 bridgehead atoms. The van der Waals surface area contributed by atoms with Crippen LogP contribution in [0.3, 0.4) is 0 Å². The number of aryl methyl sites for hydroxylation is 1. The van der Waals surface area contributed by atoms with Gasteiger partial charge in [-0.15, -0.1) is 10.2 Å². The van der Waals surface area contributed by atoms with E-state index in [-0.39, 0.29) is 12.5 Å². The summed E-state index contributed by atoms with van der Waals surface area (Å²) in [7, 11) is 1.59. The Hall–Kier alpha value is -2.21. The Morgan fingerprint density at radius 3 is 2.71 bits per heavy atom. The van der Waals surface area contributed by atoms with Crippen LogP contribution < -0.4 is 0 Å². The molecule has 0 saturated heterocycles. The molecular weight excluding hydrogens is 272 g/mol. The Labute approximate surface area is 122 Å². The number of carbonyl (C=O) groups is 1. The fourth-order valence-electron chi connectivity index (χ4n) is 2.03. The molecule has 1 aromatic carbocycles. The van der Waals surface area contributed by atoms with E-state index in [1.54, 1.807) is 7.11 Å². The van der Waals surface area contributed by atoms with Crippen LogP contribution >= 0.6 is 0 Å². The lowest BCUT2D eigenvalue weighted by molar-refractivity contribution is -0.137. The second-order valence-electron chi connectivity index (χ2n) is 4.66. The van der Waals surface area contributed by atoms with E-state index in [9.17, 15) is 4.79 Å². The maximum atomic E-state index is 10.4. The zero-order chi connectivity index (χ0) is 15.1. The maximum Gasteiger partial charge on any atom is 0.303 e. The first-order valence-electron chi connectivity index (χ1n) is 6.82. The van der Waals surface area contributed by atoms with Crippen LogP contribution in [0.2, 0.25) is 0 Å². The number of aliphatic carboxylic acids is 1. The topological polar surface area (TPSA) is 85.5 Å². The summed E-state index contributed by atoms with van der Waals surface area (Å²) >= 11 is 0. The normalized spacial score (nSPS) is 12.2. The third-order valence-corrected chi connectivity index (χ3v) is 3.08. The molecule has 6 nitrogen and oxygen atoms in total. The molecule has 1 N–H and O–H groups in total. The molecule has 0 aliphatic rings. The van der Waals surface area contributed by atoms with Gasteiger partial charge < -0.3 is 14.3 Å².